The number of carbonyl (C=O) groups is 1. The third-order valence-electron chi connectivity index (χ3n) is 2.47. The third-order valence-corrected chi connectivity index (χ3v) is 2.47. The fourth-order valence-corrected chi connectivity index (χ4v) is 1.77. The maximum absolute atomic E-state index is 11.7. The predicted octanol–water partition coefficient (Wildman–Crippen LogP) is -1.00. The summed E-state index contributed by atoms with van der Waals surface area (Å²) >= 11 is 0. The summed E-state index contributed by atoms with van der Waals surface area (Å²) in [6, 6.07) is 0. The van der Waals surface area contributed by atoms with Gasteiger partial charge in [0.25, 0.3) is 5.91 Å². The molecule has 1 unspecified atom stereocenters. The number of β-amino-alcohol motifs (C(OH)–C–C–N with tert-alkyl or cyclic N) is 1. The number of carbonyl (C=O) groups excluding carboxylic acids is 1. The van der Waals surface area contributed by atoms with Crippen molar-refractivity contribution in [1.29, 1.82) is 0 Å². The first-order chi connectivity index (χ1) is 6.58. The van der Waals surface area contributed by atoms with E-state index >= 15 is 0 Å². The first-order valence-corrected chi connectivity index (χ1v) is 4.79. The average Bonchev–Trinajstić information content (AvgIpc) is 2.14. The molecule has 0 saturated carbocycles. The smallest absolute Gasteiger partial charge is 0.254 e. The minimum atomic E-state index is -0.717. The van der Waals surface area contributed by atoms with Gasteiger partial charge in [0, 0.05) is 0 Å². The number of amides is 1. The van der Waals surface area contributed by atoms with Crippen LogP contribution in [-0.4, -0.2) is 60.5 Å². The Balaban J connectivity index is 1.84. The second-order valence-electron chi connectivity index (χ2n) is 4.13. The standard InChI is InChI=1S/C9H15NO4/c1-9(12)5-10(6-9)8(11)7-4-13-2-3-14-7/h7,12H,2-6H2,1H3. The number of aliphatic hydroxyl groups is 1. The highest BCUT2D eigenvalue weighted by atomic mass is 16.6. The summed E-state index contributed by atoms with van der Waals surface area (Å²) in [5, 5.41) is 9.46. The molecule has 2 rings (SSSR count). The van der Waals surface area contributed by atoms with Crippen molar-refractivity contribution in [2.45, 2.75) is 18.6 Å². The molecule has 1 N–H and O–H groups in total. The quantitative estimate of drug-likeness (QED) is 0.591. The van der Waals surface area contributed by atoms with Gasteiger partial charge < -0.3 is 19.5 Å². The average molecular weight is 201 g/mol. The van der Waals surface area contributed by atoms with E-state index in [1.807, 2.05) is 0 Å². The summed E-state index contributed by atoms with van der Waals surface area (Å²) < 4.78 is 10.4. The molecule has 0 spiro atoms. The molecule has 1 amide bonds. The first kappa shape index (κ1) is 9.89. The zero-order valence-corrected chi connectivity index (χ0v) is 8.23. The molecule has 2 fully saturated rings. The molecule has 2 heterocycles. The molecule has 0 bridgehead atoms. The van der Waals surface area contributed by atoms with Crippen molar-refractivity contribution in [2.75, 3.05) is 32.9 Å². The van der Waals surface area contributed by atoms with Crippen molar-refractivity contribution >= 4 is 5.91 Å². The van der Waals surface area contributed by atoms with E-state index in [0.29, 0.717) is 32.9 Å². The van der Waals surface area contributed by atoms with Gasteiger partial charge >= 0.3 is 0 Å². The van der Waals surface area contributed by atoms with Gasteiger partial charge in [-0.3, -0.25) is 4.79 Å². The minimum absolute atomic E-state index is 0.0729. The minimum Gasteiger partial charge on any atom is -0.386 e. The molecule has 80 valence electrons. The van der Waals surface area contributed by atoms with E-state index in [4.69, 9.17) is 9.47 Å². The Kier molecular flexibility index (Phi) is 2.47. The molecule has 2 saturated heterocycles. The van der Waals surface area contributed by atoms with Gasteiger partial charge in [-0.1, -0.05) is 0 Å². The van der Waals surface area contributed by atoms with E-state index in [0.717, 1.165) is 0 Å². The molecule has 0 aromatic heterocycles. The van der Waals surface area contributed by atoms with Crippen molar-refractivity contribution in [3.63, 3.8) is 0 Å². The van der Waals surface area contributed by atoms with Gasteiger partial charge in [0.2, 0.25) is 0 Å². The van der Waals surface area contributed by atoms with Crippen LogP contribution in [0.15, 0.2) is 0 Å². The Morgan fingerprint density at radius 3 is 2.71 bits per heavy atom. The van der Waals surface area contributed by atoms with Crippen LogP contribution in [0.5, 0.6) is 0 Å². The molecule has 1 atom stereocenters. The van der Waals surface area contributed by atoms with E-state index in [-0.39, 0.29) is 5.91 Å². The Hall–Kier alpha value is -0.650. The van der Waals surface area contributed by atoms with Crippen molar-refractivity contribution in [3.05, 3.63) is 0 Å². The fraction of sp³-hybridized carbons (Fsp3) is 0.889. The van der Waals surface area contributed by atoms with Gasteiger partial charge in [-0.2, -0.15) is 0 Å². The van der Waals surface area contributed by atoms with Gasteiger partial charge in [0.05, 0.1) is 38.5 Å². The molecule has 5 nitrogen and oxygen atoms in total. The van der Waals surface area contributed by atoms with E-state index in [2.05, 4.69) is 0 Å². The van der Waals surface area contributed by atoms with Crippen LogP contribution >= 0.6 is 0 Å². The lowest BCUT2D eigenvalue weighted by Crippen LogP contribution is -2.64. The summed E-state index contributed by atoms with van der Waals surface area (Å²) in [5.74, 6) is -0.0729. The monoisotopic (exact) mass is 201 g/mol. The van der Waals surface area contributed by atoms with Crippen LogP contribution in [0.1, 0.15) is 6.92 Å². The van der Waals surface area contributed by atoms with Crippen molar-refractivity contribution in [1.82, 2.24) is 4.90 Å². The van der Waals surface area contributed by atoms with Gasteiger partial charge in [0.1, 0.15) is 0 Å². The zero-order valence-electron chi connectivity index (χ0n) is 8.23. The number of likely N-dealkylation sites (tertiary alicyclic amines) is 1. The third kappa shape index (κ3) is 1.89. The summed E-state index contributed by atoms with van der Waals surface area (Å²) in [4.78, 5) is 13.3. The zero-order chi connectivity index (χ0) is 10.2. The summed E-state index contributed by atoms with van der Waals surface area (Å²) in [6.45, 7) is 3.87. The van der Waals surface area contributed by atoms with Gasteiger partial charge in [-0.25, -0.2) is 0 Å². The maximum Gasteiger partial charge on any atom is 0.254 e. The molecular formula is C9H15NO4. The van der Waals surface area contributed by atoms with E-state index in [1.54, 1.807) is 11.8 Å². The normalized spacial score (nSPS) is 31.0. The summed E-state index contributed by atoms with van der Waals surface area (Å²) in [6.07, 6.45) is -0.472. The number of nitrogens with zero attached hydrogens (tertiary/aromatic N) is 1. The Morgan fingerprint density at radius 1 is 1.50 bits per heavy atom. The Bertz CT molecular complexity index is 227. The van der Waals surface area contributed by atoms with E-state index in [9.17, 15) is 9.90 Å². The van der Waals surface area contributed by atoms with Crippen molar-refractivity contribution in [3.8, 4) is 0 Å². The van der Waals surface area contributed by atoms with Crippen LogP contribution in [0.4, 0.5) is 0 Å². The van der Waals surface area contributed by atoms with Crippen LogP contribution < -0.4 is 0 Å². The lowest BCUT2D eigenvalue weighted by atomic mass is 9.96. The molecule has 0 aromatic rings. The molecule has 0 aliphatic carbocycles. The molecule has 2 aliphatic heterocycles. The highest BCUT2D eigenvalue weighted by molar-refractivity contribution is 5.82. The topological polar surface area (TPSA) is 59.0 Å². The fourth-order valence-electron chi connectivity index (χ4n) is 1.77. The van der Waals surface area contributed by atoms with Gasteiger partial charge in [-0.05, 0) is 6.92 Å². The van der Waals surface area contributed by atoms with Crippen molar-refractivity contribution < 1.29 is 19.4 Å². The van der Waals surface area contributed by atoms with Gasteiger partial charge in [0.15, 0.2) is 6.10 Å². The maximum atomic E-state index is 11.7. The van der Waals surface area contributed by atoms with Crippen LogP contribution in [0, 0.1) is 0 Å². The molecule has 0 aromatic carbocycles. The molecule has 0 radical (unpaired) electrons. The molecule has 2 aliphatic rings. The molecule has 5 heteroatoms. The van der Waals surface area contributed by atoms with Crippen molar-refractivity contribution in [2.24, 2.45) is 0 Å². The highest BCUT2D eigenvalue weighted by Crippen LogP contribution is 2.21. The number of rotatable bonds is 1. The van der Waals surface area contributed by atoms with E-state index in [1.165, 1.54) is 0 Å². The van der Waals surface area contributed by atoms with Crippen LogP contribution in [0.2, 0.25) is 0 Å². The van der Waals surface area contributed by atoms with E-state index < -0.39 is 11.7 Å². The number of hydrogen-bond acceptors (Lipinski definition) is 4. The first-order valence-electron chi connectivity index (χ1n) is 4.79. The van der Waals surface area contributed by atoms with Crippen LogP contribution in [0.25, 0.3) is 0 Å². The number of hydrogen-bond donors (Lipinski definition) is 1. The molecule has 14 heavy (non-hydrogen) atoms. The Labute approximate surface area is 82.6 Å². The Morgan fingerprint density at radius 2 is 2.21 bits per heavy atom. The highest BCUT2D eigenvalue weighted by Gasteiger charge is 2.42. The molecular weight excluding hydrogens is 186 g/mol. The summed E-state index contributed by atoms with van der Waals surface area (Å²) in [7, 11) is 0. The second kappa shape index (κ2) is 3.49. The lowest BCUT2D eigenvalue weighted by molar-refractivity contribution is -0.175. The van der Waals surface area contributed by atoms with Crippen LogP contribution in [0.3, 0.4) is 0 Å². The number of ether oxygens (including phenoxy) is 2. The van der Waals surface area contributed by atoms with Gasteiger partial charge in [-0.15, -0.1) is 0 Å². The van der Waals surface area contributed by atoms with Crippen LogP contribution in [-0.2, 0) is 14.3 Å². The summed E-state index contributed by atoms with van der Waals surface area (Å²) in [5.41, 5.74) is -0.717. The second-order valence-corrected chi connectivity index (χ2v) is 4.13. The lowest BCUT2D eigenvalue weighted by Gasteiger charge is -2.45. The SMILES string of the molecule is CC1(O)CN(C(=O)C2COCCO2)C1. The largest absolute Gasteiger partial charge is 0.386 e. The predicted molar refractivity (Wildman–Crippen MR) is 47.8 cm³/mol.